The van der Waals surface area contributed by atoms with Crippen molar-refractivity contribution in [2.24, 2.45) is 0 Å². The standard InChI is InChI=1S/C24H21FN4OS/c1-17(23(30)28(2)20-9-5-3-6-10-20)31-24-27-26-22(18-13-15-19(25)16-14-18)29(24)21-11-7-4-8-12-21/h3-17H,1-2H3/t17-/m1/s1. The Balaban J connectivity index is 1.67. The molecule has 0 fully saturated rings. The van der Waals surface area contributed by atoms with Gasteiger partial charge in [-0.15, -0.1) is 10.2 Å². The third-order valence-corrected chi connectivity index (χ3v) is 5.88. The molecule has 4 aromatic rings. The van der Waals surface area contributed by atoms with Crippen molar-refractivity contribution < 1.29 is 9.18 Å². The fourth-order valence-corrected chi connectivity index (χ4v) is 4.16. The number of para-hydroxylation sites is 2. The average Bonchev–Trinajstić information content (AvgIpc) is 3.23. The number of nitrogens with zero attached hydrogens (tertiary/aromatic N) is 4. The molecule has 0 spiro atoms. The molecular weight excluding hydrogens is 411 g/mol. The van der Waals surface area contributed by atoms with Gasteiger partial charge in [0, 0.05) is 24.0 Å². The van der Waals surface area contributed by atoms with Gasteiger partial charge in [0.15, 0.2) is 11.0 Å². The highest BCUT2D eigenvalue weighted by atomic mass is 32.2. The molecule has 156 valence electrons. The van der Waals surface area contributed by atoms with Crippen molar-refractivity contribution in [3.63, 3.8) is 0 Å². The molecule has 3 aromatic carbocycles. The van der Waals surface area contributed by atoms with Gasteiger partial charge in [0.25, 0.3) is 0 Å². The lowest BCUT2D eigenvalue weighted by Crippen LogP contribution is -2.33. The van der Waals surface area contributed by atoms with E-state index < -0.39 is 5.25 Å². The van der Waals surface area contributed by atoms with Gasteiger partial charge < -0.3 is 4.90 Å². The normalized spacial score (nSPS) is 11.8. The van der Waals surface area contributed by atoms with Gasteiger partial charge in [-0.2, -0.15) is 0 Å². The van der Waals surface area contributed by atoms with Gasteiger partial charge in [0.05, 0.1) is 5.25 Å². The summed E-state index contributed by atoms with van der Waals surface area (Å²) in [6, 6.07) is 25.3. The molecule has 0 saturated carbocycles. The molecule has 7 heteroatoms. The summed E-state index contributed by atoms with van der Waals surface area (Å²) in [5.74, 6) is 0.235. The molecule has 0 saturated heterocycles. The Bertz CT molecular complexity index is 1160. The molecule has 31 heavy (non-hydrogen) atoms. The number of benzene rings is 3. The zero-order chi connectivity index (χ0) is 21.8. The topological polar surface area (TPSA) is 51.0 Å². The van der Waals surface area contributed by atoms with E-state index in [1.807, 2.05) is 72.2 Å². The van der Waals surface area contributed by atoms with Crippen molar-refractivity contribution in [1.29, 1.82) is 0 Å². The van der Waals surface area contributed by atoms with Crippen molar-refractivity contribution in [2.45, 2.75) is 17.3 Å². The summed E-state index contributed by atoms with van der Waals surface area (Å²) in [6.07, 6.45) is 0. The van der Waals surface area contributed by atoms with E-state index in [0.717, 1.165) is 16.9 Å². The van der Waals surface area contributed by atoms with Crippen LogP contribution in [0.4, 0.5) is 10.1 Å². The molecule has 1 atom stereocenters. The Morgan fingerprint density at radius 3 is 2.19 bits per heavy atom. The molecule has 1 amide bonds. The Kier molecular flexibility index (Phi) is 6.13. The third kappa shape index (κ3) is 4.51. The van der Waals surface area contributed by atoms with Crippen LogP contribution in [-0.2, 0) is 4.79 Å². The molecule has 4 rings (SSSR count). The first kappa shape index (κ1) is 20.8. The summed E-state index contributed by atoms with van der Waals surface area (Å²) in [5, 5.41) is 8.91. The highest BCUT2D eigenvalue weighted by Crippen LogP contribution is 2.31. The van der Waals surface area contributed by atoms with Crippen molar-refractivity contribution in [2.75, 3.05) is 11.9 Å². The van der Waals surface area contributed by atoms with E-state index in [1.165, 1.54) is 23.9 Å². The summed E-state index contributed by atoms with van der Waals surface area (Å²) in [6.45, 7) is 1.86. The maximum atomic E-state index is 13.4. The lowest BCUT2D eigenvalue weighted by Gasteiger charge is -2.21. The third-order valence-electron chi connectivity index (χ3n) is 4.85. The SMILES string of the molecule is C[C@@H](Sc1nnc(-c2ccc(F)cc2)n1-c1ccccc1)C(=O)N(C)c1ccccc1. The quantitative estimate of drug-likeness (QED) is 0.392. The van der Waals surface area contributed by atoms with Crippen LogP contribution in [0.15, 0.2) is 90.1 Å². The molecule has 0 radical (unpaired) electrons. The van der Waals surface area contributed by atoms with E-state index in [1.54, 1.807) is 24.1 Å². The van der Waals surface area contributed by atoms with Crippen LogP contribution in [0, 0.1) is 5.82 Å². The fraction of sp³-hybridized carbons (Fsp3) is 0.125. The summed E-state index contributed by atoms with van der Waals surface area (Å²) in [7, 11) is 1.76. The van der Waals surface area contributed by atoms with Gasteiger partial charge >= 0.3 is 0 Å². The highest BCUT2D eigenvalue weighted by Gasteiger charge is 2.24. The number of hydrogen-bond donors (Lipinski definition) is 0. The molecule has 0 aliphatic rings. The number of anilines is 1. The van der Waals surface area contributed by atoms with Crippen LogP contribution >= 0.6 is 11.8 Å². The molecule has 0 unspecified atom stereocenters. The zero-order valence-electron chi connectivity index (χ0n) is 17.1. The van der Waals surface area contributed by atoms with E-state index in [-0.39, 0.29) is 11.7 Å². The van der Waals surface area contributed by atoms with Crippen LogP contribution in [0.1, 0.15) is 6.92 Å². The highest BCUT2D eigenvalue weighted by molar-refractivity contribution is 8.00. The van der Waals surface area contributed by atoms with Crippen molar-refractivity contribution in [3.05, 3.63) is 90.7 Å². The fourth-order valence-electron chi connectivity index (χ4n) is 3.20. The van der Waals surface area contributed by atoms with Crippen LogP contribution in [-0.4, -0.2) is 33.0 Å². The lowest BCUT2D eigenvalue weighted by atomic mass is 10.2. The van der Waals surface area contributed by atoms with Gasteiger partial charge in [-0.25, -0.2) is 4.39 Å². The summed E-state index contributed by atoms with van der Waals surface area (Å²) in [5.41, 5.74) is 2.44. The van der Waals surface area contributed by atoms with Crippen molar-refractivity contribution in [3.8, 4) is 17.1 Å². The van der Waals surface area contributed by atoms with Crippen LogP contribution in [0.3, 0.4) is 0 Å². The van der Waals surface area contributed by atoms with Crippen molar-refractivity contribution >= 4 is 23.4 Å². The number of thioether (sulfide) groups is 1. The van der Waals surface area contributed by atoms with Crippen LogP contribution in [0.25, 0.3) is 17.1 Å². The van der Waals surface area contributed by atoms with Gasteiger partial charge in [0.2, 0.25) is 5.91 Å². The molecule has 1 heterocycles. The summed E-state index contributed by atoms with van der Waals surface area (Å²) >= 11 is 1.34. The number of hydrogen-bond acceptors (Lipinski definition) is 4. The first-order chi connectivity index (χ1) is 15.0. The molecular formula is C24H21FN4OS. The Hall–Kier alpha value is -3.45. The van der Waals surface area contributed by atoms with E-state index in [4.69, 9.17) is 0 Å². The minimum Gasteiger partial charge on any atom is -0.315 e. The smallest absolute Gasteiger partial charge is 0.240 e. The number of aromatic nitrogens is 3. The Labute approximate surface area is 184 Å². The molecule has 0 aliphatic heterocycles. The second-order valence-corrected chi connectivity index (χ2v) is 8.28. The minimum atomic E-state index is -0.391. The maximum absolute atomic E-state index is 13.4. The van der Waals surface area contributed by atoms with Gasteiger partial charge in [0.1, 0.15) is 5.82 Å². The van der Waals surface area contributed by atoms with Crippen LogP contribution in [0.2, 0.25) is 0 Å². The minimum absolute atomic E-state index is 0.0397. The number of carbonyl (C=O) groups is 1. The lowest BCUT2D eigenvalue weighted by molar-refractivity contribution is -0.117. The summed E-state index contributed by atoms with van der Waals surface area (Å²) in [4.78, 5) is 14.7. The number of halogens is 1. The summed E-state index contributed by atoms with van der Waals surface area (Å²) < 4.78 is 15.3. The van der Waals surface area contributed by atoms with Gasteiger partial charge in [-0.05, 0) is 55.5 Å². The Morgan fingerprint density at radius 1 is 0.935 bits per heavy atom. The largest absolute Gasteiger partial charge is 0.315 e. The first-order valence-electron chi connectivity index (χ1n) is 9.80. The number of carbonyl (C=O) groups excluding carboxylic acids is 1. The maximum Gasteiger partial charge on any atom is 0.240 e. The van der Waals surface area contributed by atoms with Gasteiger partial charge in [-0.3, -0.25) is 9.36 Å². The molecule has 5 nitrogen and oxygen atoms in total. The number of amides is 1. The Morgan fingerprint density at radius 2 is 1.55 bits per heavy atom. The molecule has 0 bridgehead atoms. The van der Waals surface area contributed by atoms with Crippen LogP contribution in [0.5, 0.6) is 0 Å². The predicted molar refractivity (Wildman–Crippen MR) is 122 cm³/mol. The first-order valence-corrected chi connectivity index (χ1v) is 10.7. The number of rotatable bonds is 6. The predicted octanol–water partition coefficient (Wildman–Crippen LogP) is 5.22. The second-order valence-electron chi connectivity index (χ2n) is 6.98. The molecule has 0 N–H and O–H groups in total. The molecule has 0 aliphatic carbocycles. The van der Waals surface area contributed by atoms with Gasteiger partial charge in [-0.1, -0.05) is 48.2 Å². The van der Waals surface area contributed by atoms with E-state index in [2.05, 4.69) is 10.2 Å². The van der Waals surface area contributed by atoms with Crippen molar-refractivity contribution in [1.82, 2.24) is 14.8 Å². The second kappa shape index (κ2) is 9.14. The van der Waals surface area contributed by atoms with E-state index in [0.29, 0.717) is 11.0 Å². The van der Waals surface area contributed by atoms with Crippen LogP contribution < -0.4 is 4.90 Å². The monoisotopic (exact) mass is 432 g/mol. The average molecular weight is 433 g/mol. The molecule has 1 aromatic heterocycles. The zero-order valence-corrected chi connectivity index (χ0v) is 18.0. The van der Waals surface area contributed by atoms with E-state index >= 15 is 0 Å². The van der Waals surface area contributed by atoms with E-state index in [9.17, 15) is 9.18 Å².